The zero-order chi connectivity index (χ0) is 12.5. The third kappa shape index (κ3) is 5.71. The molecule has 1 heterocycles. The van der Waals surface area contributed by atoms with Crippen LogP contribution in [-0.2, 0) is 6.54 Å². The highest BCUT2D eigenvalue weighted by Crippen LogP contribution is 2.09. The highest BCUT2D eigenvalue weighted by atomic mass is 16.1. The molecule has 1 aromatic heterocycles. The Kier molecular flexibility index (Phi) is 6.68. The van der Waals surface area contributed by atoms with Crippen LogP contribution in [0.3, 0.4) is 0 Å². The van der Waals surface area contributed by atoms with Gasteiger partial charge in [-0.2, -0.15) is 0 Å². The second-order valence-electron chi connectivity index (χ2n) is 4.82. The topological polar surface area (TPSA) is 22.0 Å². The van der Waals surface area contributed by atoms with E-state index in [1.807, 2.05) is 18.5 Å². The van der Waals surface area contributed by atoms with Crippen LogP contribution in [0.5, 0.6) is 0 Å². The van der Waals surface area contributed by atoms with Crippen LogP contribution in [-0.4, -0.2) is 10.4 Å². The molecule has 0 saturated heterocycles. The number of carbonyl (C=O) groups is 1. The number of ketones is 1. The minimum absolute atomic E-state index is 0.156. The summed E-state index contributed by atoms with van der Waals surface area (Å²) in [4.78, 5) is 11.1. The molecule has 0 radical (unpaired) electrons. The van der Waals surface area contributed by atoms with Crippen molar-refractivity contribution in [2.75, 3.05) is 0 Å². The Bertz CT molecular complexity index is 327. The van der Waals surface area contributed by atoms with Crippen LogP contribution in [0.25, 0.3) is 0 Å². The van der Waals surface area contributed by atoms with Crippen LogP contribution < -0.4 is 0 Å². The van der Waals surface area contributed by atoms with E-state index in [1.165, 1.54) is 44.9 Å². The van der Waals surface area contributed by atoms with Crippen molar-refractivity contribution in [3.63, 3.8) is 0 Å². The van der Waals surface area contributed by atoms with E-state index in [4.69, 9.17) is 0 Å². The number of unbranched alkanes of at least 4 members (excludes halogenated alkanes) is 6. The van der Waals surface area contributed by atoms with Gasteiger partial charge in [-0.05, 0) is 19.4 Å². The molecule has 2 nitrogen and oxygen atoms in total. The second kappa shape index (κ2) is 8.10. The van der Waals surface area contributed by atoms with Gasteiger partial charge < -0.3 is 4.57 Å². The summed E-state index contributed by atoms with van der Waals surface area (Å²) in [5, 5.41) is 0. The lowest BCUT2D eigenvalue weighted by Gasteiger charge is -2.03. The molecule has 0 aromatic carbocycles. The largest absolute Gasteiger partial charge is 0.354 e. The Morgan fingerprint density at radius 2 is 1.76 bits per heavy atom. The van der Waals surface area contributed by atoms with E-state index in [0.29, 0.717) is 0 Å². The number of nitrogens with zero attached hydrogens (tertiary/aromatic N) is 1. The summed E-state index contributed by atoms with van der Waals surface area (Å²) in [6.45, 7) is 4.91. The van der Waals surface area contributed by atoms with E-state index in [-0.39, 0.29) is 5.78 Å². The summed E-state index contributed by atoms with van der Waals surface area (Å²) in [5.74, 6) is 0.156. The highest BCUT2D eigenvalue weighted by molar-refractivity contribution is 5.93. The number of hydrogen-bond donors (Lipinski definition) is 0. The summed E-state index contributed by atoms with van der Waals surface area (Å²) < 4.78 is 2.13. The van der Waals surface area contributed by atoms with E-state index < -0.39 is 0 Å². The normalized spacial score (nSPS) is 10.7. The first kappa shape index (κ1) is 14.0. The molecule has 96 valence electrons. The first-order valence-electron chi connectivity index (χ1n) is 6.90. The Balaban J connectivity index is 2.07. The third-order valence-electron chi connectivity index (χ3n) is 3.18. The lowest BCUT2D eigenvalue weighted by Crippen LogP contribution is -1.95. The molecular formula is C15H25NO. The highest BCUT2D eigenvalue weighted by Gasteiger charge is 2.00. The third-order valence-corrected chi connectivity index (χ3v) is 3.18. The Morgan fingerprint density at radius 3 is 2.35 bits per heavy atom. The van der Waals surface area contributed by atoms with Gasteiger partial charge in [0, 0.05) is 24.5 Å². The SMILES string of the molecule is CCCCCCCCCn1ccc(C(C)=O)c1. The predicted molar refractivity (Wildman–Crippen MR) is 72.4 cm³/mol. The Hall–Kier alpha value is -1.05. The predicted octanol–water partition coefficient (Wildman–Crippen LogP) is 4.44. The molecule has 0 bridgehead atoms. The van der Waals surface area contributed by atoms with Crippen LogP contribution in [0, 0.1) is 0 Å². The molecule has 2 heteroatoms. The van der Waals surface area contributed by atoms with Gasteiger partial charge in [-0.25, -0.2) is 0 Å². The molecule has 0 fully saturated rings. The van der Waals surface area contributed by atoms with Crippen LogP contribution in [0.4, 0.5) is 0 Å². The molecule has 0 atom stereocenters. The lowest BCUT2D eigenvalue weighted by atomic mass is 10.1. The standard InChI is InChI=1S/C15H25NO/c1-3-4-5-6-7-8-9-11-16-12-10-15(13-16)14(2)17/h10,12-13H,3-9,11H2,1-2H3. The molecule has 0 amide bonds. The van der Waals surface area contributed by atoms with E-state index >= 15 is 0 Å². The van der Waals surface area contributed by atoms with Gasteiger partial charge in [0.1, 0.15) is 0 Å². The van der Waals surface area contributed by atoms with Crippen molar-refractivity contribution in [2.45, 2.75) is 65.3 Å². The Morgan fingerprint density at radius 1 is 1.12 bits per heavy atom. The van der Waals surface area contributed by atoms with Crippen molar-refractivity contribution < 1.29 is 4.79 Å². The van der Waals surface area contributed by atoms with Crippen molar-refractivity contribution in [1.82, 2.24) is 4.57 Å². The van der Waals surface area contributed by atoms with Gasteiger partial charge >= 0.3 is 0 Å². The van der Waals surface area contributed by atoms with Gasteiger partial charge in [0.05, 0.1) is 0 Å². The van der Waals surface area contributed by atoms with Gasteiger partial charge in [-0.1, -0.05) is 45.4 Å². The summed E-state index contributed by atoms with van der Waals surface area (Å²) >= 11 is 0. The zero-order valence-electron chi connectivity index (χ0n) is 11.2. The number of aromatic nitrogens is 1. The minimum atomic E-state index is 0.156. The molecular weight excluding hydrogens is 210 g/mol. The van der Waals surface area contributed by atoms with Gasteiger partial charge in [0.25, 0.3) is 0 Å². The molecule has 0 aliphatic carbocycles. The van der Waals surface area contributed by atoms with Crippen LogP contribution >= 0.6 is 0 Å². The van der Waals surface area contributed by atoms with Gasteiger partial charge in [-0.15, -0.1) is 0 Å². The van der Waals surface area contributed by atoms with E-state index in [0.717, 1.165) is 12.1 Å². The summed E-state index contributed by atoms with van der Waals surface area (Å²) in [7, 11) is 0. The molecule has 0 aliphatic rings. The summed E-state index contributed by atoms with van der Waals surface area (Å²) in [5.41, 5.74) is 0.827. The number of aryl methyl sites for hydroxylation is 1. The van der Waals surface area contributed by atoms with Crippen LogP contribution in [0.2, 0.25) is 0 Å². The number of hydrogen-bond acceptors (Lipinski definition) is 1. The maximum Gasteiger partial charge on any atom is 0.161 e. The monoisotopic (exact) mass is 235 g/mol. The van der Waals surface area contributed by atoms with Crippen LogP contribution in [0.15, 0.2) is 18.5 Å². The molecule has 17 heavy (non-hydrogen) atoms. The molecule has 0 N–H and O–H groups in total. The zero-order valence-corrected chi connectivity index (χ0v) is 11.2. The van der Waals surface area contributed by atoms with Gasteiger partial charge in [0.15, 0.2) is 5.78 Å². The summed E-state index contributed by atoms with van der Waals surface area (Å²) in [6, 6.07) is 1.91. The average molecular weight is 235 g/mol. The molecule has 0 aliphatic heterocycles. The number of carbonyl (C=O) groups excluding carboxylic acids is 1. The fourth-order valence-electron chi connectivity index (χ4n) is 2.04. The van der Waals surface area contributed by atoms with Crippen molar-refractivity contribution in [1.29, 1.82) is 0 Å². The van der Waals surface area contributed by atoms with Crippen molar-refractivity contribution in [3.8, 4) is 0 Å². The number of rotatable bonds is 9. The first-order valence-corrected chi connectivity index (χ1v) is 6.90. The molecule has 0 spiro atoms. The smallest absolute Gasteiger partial charge is 0.161 e. The quantitative estimate of drug-likeness (QED) is 0.458. The van der Waals surface area contributed by atoms with Crippen molar-refractivity contribution in [3.05, 3.63) is 24.0 Å². The minimum Gasteiger partial charge on any atom is -0.354 e. The maximum absolute atomic E-state index is 11.1. The van der Waals surface area contributed by atoms with Gasteiger partial charge in [-0.3, -0.25) is 4.79 Å². The first-order chi connectivity index (χ1) is 8.24. The van der Waals surface area contributed by atoms with E-state index in [2.05, 4.69) is 11.5 Å². The lowest BCUT2D eigenvalue weighted by molar-refractivity contribution is 0.101. The van der Waals surface area contributed by atoms with Crippen molar-refractivity contribution >= 4 is 5.78 Å². The summed E-state index contributed by atoms with van der Waals surface area (Å²) in [6.07, 6.45) is 13.3. The van der Waals surface area contributed by atoms with E-state index in [9.17, 15) is 4.79 Å². The number of Topliss-reactive ketones (excluding diaryl/α,β-unsaturated/α-hetero) is 1. The van der Waals surface area contributed by atoms with Gasteiger partial charge in [0.2, 0.25) is 0 Å². The van der Waals surface area contributed by atoms with E-state index in [1.54, 1.807) is 6.92 Å². The molecule has 1 aromatic rings. The molecule has 0 unspecified atom stereocenters. The second-order valence-corrected chi connectivity index (χ2v) is 4.82. The fourth-order valence-corrected chi connectivity index (χ4v) is 2.04. The molecule has 0 saturated carbocycles. The van der Waals surface area contributed by atoms with Crippen LogP contribution in [0.1, 0.15) is 69.2 Å². The van der Waals surface area contributed by atoms with Crippen molar-refractivity contribution in [2.24, 2.45) is 0 Å². The maximum atomic E-state index is 11.1. The average Bonchev–Trinajstić information content (AvgIpc) is 2.77. The fraction of sp³-hybridized carbons (Fsp3) is 0.667. The molecule has 1 rings (SSSR count). The Labute approximate surface area is 105 Å².